The van der Waals surface area contributed by atoms with Gasteiger partial charge in [0, 0.05) is 10.4 Å². The van der Waals surface area contributed by atoms with Crippen LogP contribution in [0, 0.1) is 11.8 Å². The van der Waals surface area contributed by atoms with Crippen molar-refractivity contribution < 1.29 is 14.3 Å². The van der Waals surface area contributed by atoms with Gasteiger partial charge in [-0.1, -0.05) is 47.1 Å². The van der Waals surface area contributed by atoms with E-state index in [4.69, 9.17) is 9.47 Å². The fraction of sp³-hybridized carbons (Fsp3) is 0.435. The van der Waals surface area contributed by atoms with Crippen molar-refractivity contribution in [3.8, 4) is 5.75 Å². The molecule has 0 aromatic heterocycles. The summed E-state index contributed by atoms with van der Waals surface area (Å²) in [5.41, 5.74) is 3.79. The maximum Gasteiger partial charge on any atom is 0.309 e. The Labute approximate surface area is 169 Å². The molecule has 1 heterocycles. The molecular weight excluding hydrogens is 404 g/mol. The number of halogens is 1. The normalized spacial score (nSPS) is 20.9. The van der Waals surface area contributed by atoms with Gasteiger partial charge in [-0.3, -0.25) is 4.79 Å². The highest BCUT2D eigenvalue weighted by Crippen LogP contribution is 2.48. The SMILES string of the molecule is COC(=O)[C@@H](C)C(c1ccc2c(c1)CC(c1ccc(Br)cc1)CO2)C1CC1. The lowest BCUT2D eigenvalue weighted by Crippen LogP contribution is -2.23. The van der Waals surface area contributed by atoms with Gasteiger partial charge < -0.3 is 9.47 Å². The molecule has 2 aromatic rings. The Morgan fingerprint density at radius 3 is 2.59 bits per heavy atom. The summed E-state index contributed by atoms with van der Waals surface area (Å²) in [6.07, 6.45) is 3.36. The summed E-state index contributed by atoms with van der Waals surface area (Å²) in [5.74, 6) is 1.92. The third kappa shape index (κ3) is 3.91. The van der Waals surface area contributed by atoms with Gasteiger partial charge in [-0.15, -0.1) is 0 Å². The van der Waals surface area contributed by atoms with E-state index in [1.54, 1.807) is 0 Å². The Hall–Kier alpha value is -1.81. The molecule has 0 amide bonds. The smallest absolute Gasteiger partial charge is 0.309 e. The molecule has 3 atom stereocenters. The Morgan fingerprint density at radius 2 is 1.93 bits per heavy atom. The molecule has 2 aromatic carbocycles. The number of hydrogen-bond acceptors (Lipinski definition) is 3. The van der Waals surface area contributed by atoms with Gasteiger partial charge in [-0.2, -0.15) is 0 Å². The van der Waals surface area contributed by atoms with Crippen LogP contribution in [0.2, 0.25) is 0 Å². The molecule has 1 aliphatic carbocycles. The van der Waals surface area contributed by atoms with E-state index in [2.05, 4.69) is 58.4 Å². The fourth-order valence-corrected chi connectivity index (χ4v) is 4.59. The van der Waals surface area contributed by atoms with Gasteiger partial charge in [0.15, 0.2) is 0 Å². The molecule has 0 N–H and O–H groups in total. The highest BCUT2D eigenvalue weighted by molar-refractivity contribution is 9.10. The van der Waals surface area contributed by atoms with Crippen LogP contribution in [0.5, 0.6) is 5.75 Å². The molecule has 27 heavy (non-hydrogen) atoms. The van der Waals surface area contributed by atoms with E-state index in [9.17, 15) is 4.79 Å². The minimum absolute atomic E-state index is 0.117. The van der Waals surface area contributed by atoms with Crippen LogP contribution >= 0.6 is 15.9 Å². The molecule has 4 heteroatoms. The van der Waals surface area contributed by atoms with Crippen molar-refractivity contribution in [1.29, 1.82) is 0 Å². The monoisotopic (exact) mass is 428 g/mol. The Bertz CT molecular complexity index is 826. The molecule has 1 saturated carbocycles. The number of benzene rings is 2. The summed E-state index contributed by atoms with van der Waals surface area (Å²) in [5, 5.41) is 0. The second kappa shape index (κ2) is 7.67. The Kier molecular flexibility index (Phi) is 5.27. The summed E-state index contributed by atoms with van der Waals surface area (Å²) < 4.78 is 12.2. The van der Waals surface area contributed by atoms with Crippen molar-refractivity contribution in [2.75, 3.05) is 13.7 Å². The highest BCUT2D eigenvalue weighted by atomic mass is 79.9. The van der Waals surface area contributed by atoms with E-state index in [1.807, 2.05) is 6.92 Å². The first-order valence-electron chi connectivity index (χ1n) is 9.65. The lowest BCUT2D eigenvalue weighted by molar-refractivity contribution is -0.145. The molecule has 0 bridgehead atoms. The lowest BCUT2D eigenvalue weighted by Gasteiger charge is -2.28. The first-order chi connectivity index (χ1) is 13.1. The summed E-state index contributed by atoms with van der Waals surface area (Å²) in [6.45, 7) is 2.70. The van der Waals surface area contributed by atoms with Crippen LogP contribution in [-0.4, -0.2) is 19.7 Å². The summed E-state index contributed by atoms with van der Waals surface area (Å²) in [6, 6.07) is 15.0. The van der Waals surface area contributed by atoms with Gasteiger partial charge in [0.05, 0.1) is 19.6 Å². The van der Waals surface area contributed by atoms with Gasteiger partial charge >= 0.3 is 5.97 Å². The molecule has 1 fully saturated rings. The molecule has 1 aliphatic heterocycles. The number of rotatable bonds is 5. The average Bonchev–Trinajstić information content (AvgIpc) is 3.52. The summed E-state index contributed by atoms with van der Waals surface area (Å²) in [7, 11) is 1.48. The van der Waals surface area contributed by atoms with Crippen molar-refractivity contribution in [2.45, 2.75) is 38.0 Å². The van der Waals surface area contributed by atoms with Gasteiger partial charge in [-0.05, 0) is 66.0 Å². The standard InChI is InChI=1S/C23H25BrO3/c1-14(23(25)26-2)22(16-3-4-16)17-7-10-21-18(11-17)12-19(13-27-21)15-5-8-20(24)9-6-15/h5-11,14,16,19,22H,3-4,12-13H2,1-2H3/t14-,19?,22?/m0/s1. The Balaban J connectivity index is 1.60. The zero-order valence-corrected chi connectivity index (χ0v) is 17.4. The zero-order chi connectivity index (χ0) is 19.0. The number of carbonyl (C=O) groups excluding carboxylic acids is 1. The third-order valence-corrected chi connectivity index (χ3v) is 6.49. The van der Waals surface area contributed by atoms with Crippen molar-refractivity contribution in [2.24, 2.45) is 11.8 Å². The summed E-state index contributed by atoms with van der Waals surface area (Å²) in [4.78, 5) is 12.2. The van der Waals surface area contributed by atoms with E-state index in [-0.39, 0.29) is 17.8 Å². The molecule has 2 unspecified atom stereocenters. The van der Waals surface area contributed by atoms with Crippen molar-refractivity contribution in [3.05, 3.63) is 63.6 Å². The van der Waals surface area contributed by atoms with Crippen LogP contribution in [0.15, 0.2) is 46.9 Å². The second-order valence-corrected chi connectivity index (χ2v) is 8.72. The summed E-state index contributed by atoms with van der Waals surface area (Å²) >= 11 is 3.50. The first kappa shape index (κ1) is 18.5. The number of methoxy groups -OCH3 is 1. The van der Waals surface area contributed by atoms with Crippen molar-refractivity contribution >= 4 is 21.9 Å². The van der Waals surface area contributed by atoms with E-state index in [1.165, 1.54) is 36.6 Å². The zero-order valence-electron chi connectivity index (χ0n) is 15.8. The topological polar surface area (TPSA) is 35.5 Å². The molecule has 0 spiro atoms. The van der Waals surface area contributed by atoms with Crippen LogP contribution in [-0.2, 0) is 16.0 Å². The predicted molar refractivity (Wildman–Crippen MR) is 109 cm³/mol. The molecular formula is C23H25BrO3. The van der Waals surface area contributed by atoms with Crippen molar-refractivity contribution in [1.82, 2.24) is 0 Å². The van der Waals surface area contributed by atoms with Crippen LogP contribution in [0.3, 0.4) is 0 Å². The third-order valence-electron chi connectivity index (χ3n) is 5.96. The fourth-order valence-electron chi connectivity index (χ4n) is 4.33. The number of esters is 1. The lowest BCUT2D eigenvalue weighted by atomic mass is 9.81. The molecule has 142 valence electrons. The maximum absolute atomic E-state index is 12.2. The first-order valence-corrected chi connectivity index (χ1v) is 10.4. The van der Waals surface area contributed by atoms with E-state index < -0.39 is 0 Å². The van der Waals surface area contributed by atoms with Crippen molar-refractivity contribution in [3.63, 3.8) is 0 Å². The predicted octanol–water partition coefficient (Wildman–Crippen LogP) is 5.47. The van der Waals surface area contributed by atoms with Crippen LogP contribution in [0.1, 0.15) is 48.3 Å². The maximum atomic E-state index is 12.2. The van der Waals surface area contributed by atoms with Gasteiger partial charge in [0.1, 0.15) is 5.75 Å². The molecule has 4 rings (SSSR count). The van der Waals surface area contributed by atoms with E-state index in [0.717, 1.165) is 16.6 Å². The molecule has 0 radical (unpaired) electrons. The molecule has 0 saturated heterocycles. The molecule has 2 aliphatic rings. The van der Waals surface area contributed by atoms with Crippen LogP contribution in [0.4, 0.5) is 0 Å². The largest absolute Gasteiger partial charge is 0.493 e. The number of hydrogen-bond donors (Lipinski definition) is 0. The second-order valence-electron chi connectivity index (χ2n) is 7.81. The van der Waals surface area contributed by atoms with Crippen LogP contribution < -0.4 is 4.74 Å². The highest BCUT2D eigenvalue weighted by Gasteiger charge is 2.39. The van der Waals surface area contributed by atoms with Crippen LogP contribution in [0.25, 0.3) is 0 Å². The quantitative estimate of drug-likeness (QED) is 0.592. The Morgan fingerprint density at radius 1 is 1.19 bits per heavy atom. The number of ether oxygens (including phenoxy) is 2. The van der Waals surface area contributed by atoms with E-state index >= 15 is 0 Å². The van der Waals surface area contributed by atoms with Gasteiger partial charge in [0.2, 0.25) is 0 Å². The minimum atomic E-state index is -0.118. The van der Waals surface area contributed by atoms with E-state index in [0.29, 0.717) is 18.4 Å². The molecule has 3 nitrogen and oxygen atoms in total. The van der Waals surface area contributed by atoms with Gasteiger partial charge in [0.25, 0.3) is 0 Å². The average molecular weight is 429 g/mol. The minimum Gasteiger partial charge on any atom is -0.493 e. The van der Waals surface area contributed by atoms with Gasteiger partial charge in [-0.25, -0.2) is 0 Å². The number of carbonyl (C=O) groups is 1. The number of fused-ring (bicyclic) bond motifs is 1.